The molecule has 1 aliphatic heterocycles. The Balaban J connectivity index is 2.24. The monoisotopic (exact) mass is 333 g/mol. The van der Waals surface area contributed by atoms with E-state index in [-0.39, 0.29) is 10.6 Å². The van der Waals surface area contributed by atoms with Gasteiger partial charge in [0, 0.05) is 41.9 Å². The van der Waals surface area contributed by atoms with Crippen molar-refractivity contribution >= 4 is 34.0 Å². The molecule has 1 heterocycles. The van der Waals surface area contributed by atoms with Gasteiger partial charge in [0.2, 0.25) is 0 Å². The third-order valence-electron chi connectivity index (χ3n) is 2.60. The molecule has 5 nitrogen and oxygen atoms in total. The summed E-state index contributed by atoms with van der Waals surface area (Å²) in [5.74, 6) is 0. The average Bonchev–Trinajstić information content (AvgIpc) is 2.30. The van der Waals surface area contributed by atoms with E-state index in [9.17, 15) is 10.1 Å². The second kappa shape index (κ2) is 4.96. The van der Waals surface area contributed by atoms with Crippen LogP contribution in [-0.2, 0) is 0 Å². The van der Waals surface area contributed by atoms with Crippen LogP contribution in [0.5, 0.6) is 0 Å². The van der Waals surface area contributed by atoms with Gasteiger partial charge in [-0.2, -0.15) is 0 Å². The minimum atomic E-state index is -0.357. The Morgan fingerprint density at radius 3 is 2.62 bits per heavy atom. The van der Waals surface area contributed by atoms with Crippen molar-refractivity contribution in [3.05, 3.63) is 31.9 Å². The first-order chi connectivity index (χ1) is 7.68. The number of halogens is 1. The molecule has 0 aromatic heterocycles. The third kappa shape index (κ3) is 2.43. The first-order valence-electron chi connectivity index (χ1n) is 5.08. The van der Waals surface area contributed by atoms with Gasteiger partial charge in [0.25, 0.3) is 5.69 Å². The minimum absolute atomic E-state index is 0.156. The topological polar surface area (TPSA) is 58.4 Å². The minimum Gasteiger partial charge on any atom is -0.368 e. The lowest BCUT2D eigenvalue weighted by atomic mass is 10.2. The number of non-ortho nitro benzene ring substituents is 1. The Labute approximate surface area is 107 Å². The largest absolute Gasteiger partial charge is 0.368 e. The van der Waals surface area contributed by atoms with E-state index in [1.807, 2.05) is 6.07 Å². The summed E-state index contributed by atoms with van der Waals surface area (Å²) in [5.41, 5.74) is 1.25. The van der Waals surface area contributed by atoms with Gasteiger partial charge < -0.3 is 10.2 Å². The summed E-state index contributed by atoms with van der Waals surface area (Å²) in [6.07, 6.45) is 0. The zero-order chi connectivity index (χ0) is 11.5. The summed E-state index contributed by atoms with van der Waals surface area (Å²) in [7, 11) is 0. The van der Waals surface area contributed by atoms with Crippen LogP contribution in [0.25, 0.3) is 0 Å². The quantitative estimate of drug-likeness (QED) is 0.508. The van der Waals surface area contributed by atoms with Gasteiger partial charge in [0.1, 0.15) is 0 Å². The number of benzene rings is 1. The number of piperazine rings is 1. The fourth-order valence-electron chi connectivity index (χ4n) is 1.77. The second-order valence-electron chi connectivity index (χ2n) is 3.63. The maximum Gasteiger partial charge on any atom is 0.270 e. The number of hydrogen-bond donors (Lipinski definition) is 1. The van der Waals surface area contributed by atoms with E-state index in [4.69, 9.17) is 0 Å². The third-order valence-corrected chi connectivity index (χ3v) is 3.46. The Kier molecular flexibility index (Phi) is 3.59. The van der Waals surface area contributed by atoms with E-state index in [0.717, 1.165) is 35.4 Å². The van der Waals surface area contributed by atoms with Crippen molar-refractivity contribution in [1.82, 2.24) is 5.32 Å². The van der Waals surface area contributed by atoms with Crippen LogP contribution in [-0.4, -0.2) is 31.1 Å². The Morgan fingerprint density at radius 2 is 2.06 bits per heavy atom. The first-order valence-corrected chi connectivity index (χ1v) is 6.16. The Bertz CT molecular complexity index is 405. The molecule has 0 atom stereocenters. The zero-order valence-electron chi connectivity index (χ0n) is 8.65. The highest BCUT2D eigenvalue weighted by atomic mass is 127. The molecule has 1 fully saturated rings. The predicted molar refractivity (Wildman–Crippen MR) is 70.9 cm³/mol. The maximum atomic E-state index is 10.6. The molecule has 1 saturated heterocycles. The van der Waals surface area contributed by atoms with Gasteiger partial charge in [0.15, 0.2) is 0 Å². The molecule has 6 heteroatoms. The normalized spacial score (nSPS) is 16.2. The van der Waals surface area contributed by atoms with E-state index >= 15 is 0 Å². The number of rotatable bonds is 2. The number of anilines is 1. The number of nitrogens with one attached hydrogen (secondary N) is 1. The SMILES string of the molecule is O=[N+]([O-])c1ccc(N2CCNCC2)c(I)c1. The van der Waals surface area contributed by atoms with Gasteiger partial charge in [-0.05, 0) is 28.7 Å². The molecule has 1 aromatic carbocycles. The predicted octanol–water partition coefficient (Wildman–Crippen LogP) is 1.61. The molecule has 1 aliphatic rings. The molecule has 0 unspecified atom stereocenters. The van der Waals surface area contributed by atoms with Crippen molar-refractivity contribution < 1.29 is 4.92 Å². The van der Waals surface area contributed by atoms with E-state index in [1.54, 1.807) is 12.1 Å². The fraction of sp³-hybridized carbons (Fsp3) is 0.400. The lowest BCUT2D eigenvalue weighted by Crippen LogP contribution is -2.43. The van der Waals surface area contributed by atoms with Gasteiger partial charge in [-0.3, -0.25) is 10.1 Å². The molecule has 1 N–H and O–H groups in total. The summed E-state index contributed by atoms with van der Waals surface area (Å²) in [4.78, 5) is 12.5. The summed E-state index contributed by atoms with van der Waals surface area (Å²) in [5, 5.41) is 13.9. The summed E-state index contributed by atoms with van der Waals surface area (Å²) in [6.45, 7) is 3.84. The molecule has 0 radical (unpaired) electrons. The van der Waals surface area contributed by atoms with Crippen LogP contribution in [0.2, 0.25) is 0 Å². The smallest absolute Gasteiger partial charge is 0.270 e. The zero-order valence-corrected chi connectivity index (χ0v) is 10.8. The number of nitro groups is 1. The molecule has 16 heavy (non-hydrogen) atoms. The molecule has 0 aliphatic carbocycles. The van der Waals surface area contributed by atoms with Gasteiger partial charge >= 0.3 is 0 Å². The van der Waals surface area contributed by atoms with Crippen LogP contribution in [0.1, 0.15) is 0 Å². The van der Waals surface area contributed by atoms with Crippen LogP contribution < -0.4 is 10.2 Å². The molecular formula is C10H12IN3O2. The van der Waals surface area contributed by atoms with E-state index in [1.165, 1.54) is 0 Å². The number of nitro benzene ring substituents is 1. The molecule has 0 amide bonds. The summed E-state index contributed by atoms with van der Waals surface area (Å²) in [6, 6.07) is 5.03. The number of hydrogen-bond acceptors (Lipinski definition) is 4. The van der Waals surface area contributed by atoms with Crippen molar-refractivity contribution in [3.8, 4) is 0 Å². The van der Waals surface area contributed by atoms with Gasteiger partial charge in [0.05, 0.1) is 10.6 Å². The number of nitrogens with zero attached hydrogens (tertiary/aromatic N) is 2. The fourth-order valence-corrected chi connectivity index (χ4v) is 2.61. The average molecular weight is 333 g/mol. The first kappa shape index (κ1) is 11.6. The summed E-state index contributed by atoms with van der Waals surface area (Å²) >= 11 is 2.16. The van der Waals surface area contributed by atoms with Crippen LogP contribution in [0, 0.1) is 13.7 Å². The van der Waals surface area contributed by atoms with Crippen molar-refractivity contribution in [2.75, 3.05) is 31.1 Å². The molecule has 0 saturated carbocycles. The highest BCUT2D eigenvalue weighted by molar-refractivity contribution is 14.1. The lowest BCUT2D eigenvalue weighted by molar-refractivity contribution is -0.384. The second-order valence-corrected chi connectivity index (χ2v) is 4.79. The van der Waals surface area contributed by atoms with Gasteiger partial charge in [-0.1, -0.05) is 0 Å². The van der Waals surface area contributed by atoms with E-state index < -0.39 is 0 Å². The van der Waals surface area contributed by atoms with E-state index in [2.05, 4.69) is 32.8 Å². The standard InChI is InChI=1S/C10H12IN3O2/c11-9-7-8(14(15)16)1-2-10(9)13-5-3-12-4-6-13/h1-2,7,12H,3-6H2. The highest BCUT2D eigenvalue weighted by Crippen LogP contribution is 2.26. The Hall–Kier alpha value is -0.890. The lowest BCUT2D eigenvalue weighted by Gasteiger charge is -2.30. The van der Waals surface area contributed by atoms with Crippen LogP contribution in [0.4, 0.5) is 11.4 Å². The molecular weight excluding hydrogens is 321 g/mol. The molecule has 0 spiro atoms. The van der Waals surface area contributed by atoms with E-state index in [0.29, 0.717) is 0 Å². The highest BCUT2D eigenvalue weighted by Gasteiger charge is 2.15. The Morgan fingerprint density at radius 1 is 1.38 bits per heavy atom. The molecule has 1 aromatic rings. The van der Waals surface area contributed by atoms with Gasteiger partial charge in [-0.15, -0.1) is 0 Å². The molecule has 2 rings (SSSR count). The van der Waals surface area contributed by atoms with Crippen LogP contribution >= 0.6 is 22.6 Å². The van der Waals surface area contributed by atoms with Crippen molar-refractivity contribution in [2.24, 2.45) is 0 Å². The van der Waals surface area contributed by atoms with Crippen LogP contribution in [0.3, 0.4) is 0 Å². The van der Waals surface area contributed by atoms with Gasteiger partial charge in [-0.25, -0.2) is 0 Å². The summed E-state index contributed by atoms with van der Waals surface area (Å²) < 4.78 is 0.939. The van der Waals surface area contributed by atoms with Crippen molar-refractivity contribution in [2.45, 2.75) is 0 Å². The maximum absolute atomic E-state index is 10.6. The van der Waals surface area contributed by atoms with Crippen molar-refractivity contribution in [1.29, 1.82) is 0 Å². The van der Waals surface area contributed by atoms with Crippen molar-refractivity contribution in [3.63, 3.8) is 0 Å². The van der Waals surface area contributed by atoms with Crippen LogP contribution in [0.15, 0.2) is 18.2 Å². The molecule has 86 valence electrons. The molecule has 0 bridgehead atoms.